The van der Waals surface area contributed by atoms with E-state index in [4.69, 9.17) is 27.9 Å². The van der Waals surface area contributed by atoms with Crippen LogP contribution < -0.4 is 10.1 Å². The third-order valence-corrected chi connectivity index (χ3v) is 5.00. The molecule has 1 amide bonds. The van der Waals surface area contributed by atoms with Crippen LogP contribution in [0.25, 0.3) is 10.9 Å². The molecule has 0 saturated carbocycles. The SMILES string of the molecule is CC(=O)c1ccc(Cl)c(Cl)c1OCC(=O)NCCc1cccc2cccnc12. The Kier molecular flexibility index (Phi) is 6.49. The summed E-state index contributed by atoms with van der Waals surface area (Å²) in [5, 5.41) is 4.22. The van der Waals surface area contributed by atoms with Gasteiger partial charge in [-0.1, -0.05) is 47.5 Å². The molecule has 0 radical (unpaired) electrons. The minimum absolute atomic E-state index is 0.115. The highest BCUT2D eigenvalue weighted by Crippen LogP contribution is 2.35. The van der Waals surface area contributed by atoms with Crippen LogP contribution in [0.15, 0.2) is 48.7 Å². The van der Waals surface area contributed by atoms with E-state index >= 15 is 0 Å². The minimum atomic E-state index is -0.321. The Labute approximate surface area is 172 Å². The number of fused-ring (bicyclic) bond motifs is 1. The fourth-order valence-corrected chi connectivity index (χ4v) is 3.21. The Hall–Kier alpha value is -2.63. The molecule has 5 nitrogen and oxygen atoms in total. The van der Waals surface area contributed by atoms with Crippen molar-refractivity contribution in [1.29, 1.82) is 0 Å². The predicted octanol–water partition coefficient (Wildman–Crippen LogP) is 4.48. The van der Waals surface area contributed by atoms with E-state index in [-0.39, 0.29) is 39.7 Å². The van der Waals surface area contributed by atoms with Crippen LogP contribution in [0.4, 0.5) is 0 Å². The minimum Gasteiger partial charge on any atom is -0.481 e. The number of benzene rings is 2. The largest absolute Gasteiger partial charge is 0.481 e. The molecule has 0 spiro atoms. The van der Waals surface area contributed by atoms with Gasteiger partial charge in [0.2, 0.25) is 0 Å². The zero-order valence-corrected chi connectivity index (χ0v) is 16.7. The van der Waals surface area contributed by atoms with E-state index in [1.54, 1.807) is 6.20 Å². The van der Waals surface area contributed by atoms with Crippen molar-refractivity contribution < 1.29 is 14.3 Å². The van der Waals surface area contributed by atoms with Gasteiger partial charge in [0.1, 0.15) is 5.02 Å². The maximum Gasteiger partial charge on any atom is 0.257 e. The van der Waals surface area contributed by atoms with Crippen LogP contribution in [0.3, 0.4) is 0 Å². The van der Waals surface area contributed by atoms with Crippen LogP contribution in [0.1, 0.15) is 22.8 Å². The smallest absolute Gasteiger partial charge is 0.257 e. The number of Topliss-reactive ketones (excluding diaryl/α,β-unsaturated/α-hetero) is 1. The second-order valence-electron chi connectivity index (χ2n) is 6.18. The first kappa shape index (κ1) is 20.1. The number of hydrogen-bond acceptors (Lipinski definition) is 4. The molecular formula is C21H18Cl2N2O3. The number of carbonyl (C=O) groups excluding carboxylic acids is 2. The second kappa shape index (κ2) is 9.04. The highest BCUT2D eigenvalue weighted by molar-refractivity contribution is 6.43. The van der Waals surface area contributed by atoms with E-state index in [0.717, 1.165) is 16.5 Å². The summed E-state index contributed by atoms with van der Waals surface area (Å²) in [5.74, 6) is -0.425. The fourth-order valence-electron chi connectivity index (χ4n) is 2.84. The Morgan fingerprint density at radius 1 is 1.11 bits per heavy atom. The summed E-state index contributed by atoms with van der Waals surface area (Å²) in [6.07, 6.45) is 2.39. The van der Waals surface area contributed by atoms with Crippen molar-refractivity contribution in [3.63, 3.8) is 0 Å². The lowest BCUT2D eigenvalue weighted by atomic mass is 10.1. The molecule has 0 unspecified atom stereocenters. The van der Waals surface area contributed by atoms with Gasteiger partial charge in [-0.05, 0) is 37.1 Å². The molecule has 0 aliphatic carbocycles. The highest BCUT2D eigenvalue weighted by atomic mass is 35.5. The maximum absolute atomic E-state index is 12.1. The standard InChI is InChI=1S/C21H18Cl2N2O3/c1-13(26)16-7-8-17(22)19(23)21(16)28-12-18(27)24-11-9-15-5-2-4-14-6-3-10-25-20(14)15/h2-8,10H,9,11-12H2,1H3,(H,24,27). The Bertz CT molecular complexity index is 1030. The number of pyridine rings is 1. The summed E-state index contributed by atoms with van der Waals surface area (Å²) in [5.41, 5.74) is 2.26. The van der Waals surface area contributed by atoms with Crippen molar-refractivity contribution in [1.82, 2.24) is 10.3 Å². The van der Waals surface area contributed by atoms with Crippen LogP contribution >= 0.6 is 23.2 Å². The van der Waals surface area contributed by atoms with Crippen molar-refractivity contribution in [2.45, 2.75) is 13.3 Å². The molecule has 0 fully saturated rings. The maximum atomic E-state index is 12.1. The van der Waals surface area contributed by atoms with Gasteiger partial charge in [0, 0.05) is 18.1 Å². The van der Waals surface area contributed by atoms with Crippen molar-refractivity contribution in [2.75, 3.05) is 13.2 Å². The molecule has 0 aliphatic heterocycles. The fraction of sp³-hybridized carbons (Fsp3) is 0.190. The number of ketones is 1. The van der Waals surface area contributed by atoms with E-state index in [0.29, 0.717) is 13.0 Å². The lowest BCUT2D eigenvalue weighted by molar-refractivity contribution is -0.123. The topological polar surface area (TPSA) is 68.3 Å². The summed E-state index contributed by atoms with van der Waals surface area (Å²) in [6, 6.07) is 12.9. The average Bonchev–Trinajstić information content (AvgIpc) is 2.69. The summed E-state index contributed by atoms with van der Waals surface area (Å²) < 4.78 is 5.48. The number of para-hydroxylation sites is 1. The third kappa shape index (κ3) is 4.61. The van der Waals surface area contributed by atoms with Crippen molar-refractivity contribution in [3.05, 3.63) is 69.8 Å². The predicted molar refractivity (Wildman–Crippen MR) is 110 cm³/mol. The van der Waals surface area contributed by atoms with E-state index in [1.807, 2.05) is 30.3 Å². The summed E-state index contributed by atoms with van der Waals surface area (Å²) >= 11 is 12.1. The number of hydrogen-bond donors (Lipinski definition) is 1. The van der Waals surface area contributed by atoms with Crippen molar-refractivity contribution >= 4 is 45.8 Å². The number of amides is 1. The molecule has 0 bridgehead atoms. The number of rotatable bonds is 7. The molecule has 0 saturated heterocycles. The second-order valence-corrected chi connectivity index (χ2v) is 6.96. The molecule has 1 heterocycles. The van der Waals surface area contributed by atoms with Crippen molar-refractivity contribution in [3.8, 4) is 5.75 Å². The van der Waals surface area contributed by atoms with Gasteiger partial charge in [-0.2, -0.15) is 0 Å². The van der Waals surface area contributed by atoms with Gasteiger partial charge in [0.25, 0.3) is 5.91 Å². The van der Waals surface area contributed by atoms with Gasteiger partial charge in [-0.25, -0.2) is 0 Å². The number of nitrogens with one attached hydrogen (secondary N) is 1. The number of halogens is 2. The molecule has 3 rings (SSSR count). The molecule has 7 heteroatoms. The number of nitrogens with zero attached hydrogens (tertiary/aromatic N) is 1. The average molecular weight is 417 g/mol. The van der Waals surface area contributed by atoms with Crippen LogP contribution in [-0.2, 0) is 11.2 Å². The molecule has 2 aromatic carbocycles. The third-order valence-electron chi connectivity index (χ3n) is 4.21. The zero-order chi connectivity index (χ0) is 20.1. The summed E-state index contributed by atoms with van der Waals surface area (Å²) in [4.78, 5) is 28.3. The highest BCUT2D eigenvalue weighted by Gasteiger charge is 2.16. The lowest BCUT2D eigenvalue weighted by Crippen LogP contribution is -2.30. The van der Waals surface area contributed by atoms with Gasteiger partial charge in [-0.15, -0.1) is 0 Å². The van der Waals surface area contributed by atoms with E-state index in [2.05, 4.69) is 10.3 Å². The van der Waals surface area contributed by atoms with Crippen LogP contribution in [0.5, 0.6) is 5.75 Å². The Balaban J connectivity index is 1.58. The molecule has 144 valence electrons. The van der Waals surface area contributed by atoms with Gasteiger partial charge < -0.3 is 10.1 Å². The Morgan fingerprint density at radius 2 is 1.89 bits per heavy atom. The molecular weight excluding hydrogens is 399 g/mol. The Morgan fingerprint density at radius 3 is 2.68 bits per heavy atom. The normalized spacial score (nSPS) is 10.7. The van der Waals surface area contributed by atoms with E-state index < -0.39 is 0 Å². The van der Waals surface area contributed by atoms with E-state index in [9.17, 15) is 9.59 Å². The van der Waals surface area contributed by atoms with Crippen LogP contribution in [0, 0.1) is 0 Å². The molecule has 1 aromatic heterocycles. The molecule has 1 N–H and O–H groups in total. The van der Waals surface area contributed by atoms with Gasteiger partial charge >= 0.3 is 0 Å². The van der Waals surface area contributed by atoms with Gasteiger partial charge in [0.15, 0.2) is 18.1 Å². The van der Waals surface area contributed by atoms with Crippen molar-refractivity contribution in [2.24, 2.45) is 0 Å². The first-order chi connectivity index (χ1) is 13.5. The van der Waals surface area contributed by atoms with Gasteiger partial charge in [0.05, 0.1) is 16.1 Å². The van der Waals surface area contributed by atoms with E-state index in [1.165, 1.54) is 19.1 Å². The lowest BCUT2D eigenvalue weighted by Gasteiger charge is -2.13. The van der Waals surface area contributed by atoms with Crippen LogP contribution in [0.2, 0.25) is 10.0 Å². The van der Waals surface area contributed by atoms with Gasteiger partial charge in [-0.3, -0.25) is 14.6 Å². The molecule has 0 atom stereocenters. The zero-order valence-electron chi connectivity index (χ0n) is 15.2. The molecule has 28 heavy (non-hydrogen) atoms. The number of ether oxygens (including phenoxy) is 1. The first-order valence-electron chi connectivity index (χ1n) is 8.68. The quantitative estimate of drug-likeness (QED) is 0.576. The number of carbonyl (C=O) groups is 2. The molecule has 0 aliphatic rings. The summed E-state index contributed by atoms with van der Waals surface area (Å²) in [7, 11) is 0. The molecule has 3 aromatic rings. The van der Waals surface area contributed by atoms with Crippen LogP contribution in [-0.4, -0.2) is 29.8 Å². The number of aromatic nitrogens is 1. The monoisotopic (exact) mass is 416 g/mol. The first-order valence-corrected chi connectivity index (χ1v) is 9.44. The summed E-state index contributed by atoms with van der Waals surface area (Å²) in [6.45, 7) is 1.56.